The van der Waals surface area contributed by atoms with Gasteiger partial charge in [-0.1, -0.05) is 48.5 Å². The summed E-state index contributed by atoms with van der Waals surface area (Å²) in [5.41, 5.74) is 1.03. The van der Waals surface area contributed by atoms with Gasteiger partial charge < -0.3 is 15.2 Å². The van der Waals surface area contributed by atoms with Crippen molar-refractivity contribution in [2.75, 3.05) is 13.2 Å². The number of aliphatic hydroxyl groups is 1. The first kappa shape index (κ1) is 17.2. The minimum atomic E-state index is -0.402. The third kappa shape index (κ3) is 4.28. The molecule has 3 aromatic rings. The molecule has 0 unspecified atom stereocenters. The Bertz CT molecular complexity index is 806. The fraction of sp³-hybridized carbons (Fsp3) is 0.286. The molecule has 0 spiro atoms. The third-order valence-corrected chi connectivity index (χ3v) is 4.33. The van der Waals surface area contributed by atoms with Gasteiger partial charge in [0.1, 0.15) is 6.61 Å². The van der Waals surface area contributed by atoms with Crippen molar-refractivity contribution in [1.82, 2.24) is 5.32 Å². The number of rotatable bonds is 7. The molecule has 0 saturated carbocycles. The van der Waals surface area contributed by atoms with E-state index in [1.54, 1.807) is 0 Å². The monoisotopic (exact) mass is 337 g/mol. The van der Waals surface area contributed by atoms with Gasteiger partial charge in [-0.25, -0.2) is 4.79 Å². The molecule has 0 aromatic heterocycles. The second-order valence-corrected chi connectivity index (χ2v) is 6.08. The van der Waals surface area contributed by atoms with Gasteiger partial charge in [0, 0.05) is 18.7 Å². The van der Waals surface area contributed by atoms with Crippen LogP contribution in [0.25, 0.3) is 21.5 Å². The van der Waals surface area contributed by atoms with Crippen LogP contribution in [0, 0.1) is 0 Å². The zero-order valence-corrected chi connectivity index (χ0v) is 14.2. The Labute approximate surface area is 147 Å². The highest BCUT2D eigenvalue weighted by Gasteiger charge is 2.10. The lowest BCUT2D eigenvalue weighted by atomic mass is 9.97. The van der Waals surface area contributed by atoms with Crippen LogP contribution in [0.15, 0.2) is 54.6 Å². The maximum absolute atomic E-state index is 11.9. The molecule has 4 nitrogen and oxygen atoms in total. The molecular weight excluding hydrogens is 314 g/mol. The maximum Gasteiger partial charge on any atom is 0.407 e. The van der Waals surface area contributed by atoms with E-state index in [9.17, 15) is 4.79 Å². The zero-order chi connectivity index (χ0) is 17.5. The van der Waals surface area contributed by atoms with E-state index in [-0.39, 0.29) is 13.2 Å². The molecular formula is C21H23NO3. The van der Waals surface area contributed by atoms with Crippen molar-refractivity contribution < 1.29 is 14.6 Å². The number of aliphatic hydroxyl groups excluding tert-OH is 1. The van der Waals surface area contributed by atoms with Gasteiger partial charge in [0.2, 0.25) is 0 Å². The van der Waals surface area contributed by atoms with E-state index in [1.165, 1.54) is 0 Å². The highest BCUT2D eigenvalue weighted by molar-refractivity contribution is 6.02. The molecule has 1 amide bonds. The lowest BCUT2D eigenvalue weighted by Crippen LogP contribution is -2.25. The average Bonchev–Trinajstić information content (AvgIpc) is 2.65. The molecule has 3 aromatic carbocycles. The van der Waals surface area contributed by atoms with Crippen molar-refractivity contribution in [3.05, 3.63) is 60.2 Å². The lowest BCUT2D eigenvalue weighted by molar-refractivity contribution is 0.140. The van der Waals surface area contributed by atoms with Crippen molar-refractivity contribution in [3.8, 4) is 0 Å². The highest BCUT2D eigenvalue weighted by Crippen LogP contribution is 2.28. The summed E-state index contributed by atoms with van der Waals surface area (Å²) in [4.78, 5) is 11.9. The molecule has 0 atom stereocenters. The molecule has 130 valence electrons. The summed E-state index contributed by atoms with van der Waals surface area (Å²) in [6.07, 6.45) is 2.09. The first-order valence-corrected chi connectivity index (χ1v) is 8.70. The first-order valence-electron chi connectivity index (χ1n) is 8.70. The van der Waals surface area contributed by atoms with Gasteiger partial charge in [0.05, 0.1) is 0 Å². The summed E-state index contributed by atoms with van der Waals surface area (Å²) >= 11 is 0. The van der Waals surface area contributed by atoms with Crippen molar-refractivity contribution in [2.24, 2.45) is 0 Å². The number of hydrogen-bond donors (Lipinski definition) is 2. The van der Waals surface area contributed by atoms with Gasteiger partial charge in [-0.15, -0.1) is 0 Å². The summed E-state index contributed by atoms with van der Waals surface area (Å²) in [7, 11) is 0. The van der Waals surface area contributed by atoms with Crippen LogP contribution < -0.4 is 5.32 Å². The Morgan fingerprint density at radius 3 is 2.20 bits per heavy atom. The van der Waals surface area contributed by atoms with E-state index in [4.69, 9.17) is 9.84 Å². The highest BCUT2D eigenvalue weighted by atomic mass is 16.5. The van der Waals surface area contributed by atoms with Crippen LogP contribution in [-0.4, -0.2) is 24.4 Å². The number of ether oxygens (including phenoxy) is 1. The minimum absolute atomic E-state index is 0.193. The Hall–Kier alpha value is -2.59. The summed E-state index contributed by atoms with van der Waals surface area (Å²) in [6, 6.07) is 18.5. The van der Waals surface area contributed by atoms with Crippen LogP contribution >= 0.6 is 0 Å². The number of benzene rings is 3. The number of carbonyl (C=O) groups is 1. The molecule has 0 aliphatic carbocycles. The average molecular weight is 337 g/mol. The van der Waals surface area contributed by atoms with Crippen molar-refractivity contribution in [2.45, 2.75) is 25.9 Å². The minimum Gasteiger partial charge on any atom is -0.445 e. The number of carbonyl (C=O) groups excluding carboxylic acids is 1. The molecule has 0 saturated heterocycles. The lowest BCUT2D eigenvalue weighted by Gasteiger charge is -2.12. The van der Waals surface area contributed by atoms with E-state index in [2.05, 4.69) is 35.6 Å². The normalized spacial score (nSPS) is 10.9. The van der Waals surface area contributed by atoms with E-state index < -0.39 is 6.09 Å². The Morgan fingerprint density at radius 2 is 1.56 bits per heavy atom. The molecule has 0 bridgehead atoms. The smallest absolute Gasteiger partial charge is 0.407 e. The molecule has 4 heteroatoms. The number of alkyl carbamates (subject to hydrolysis) is 1. The van der Waals surface area contributed by atoms with Crippen molar-refractivity contribution >= 4 is 27.6 Å². The SMILES string of the molecule is O=C(NCCCCCO)OCc1c2ccccc2cc2ccccc12. The van der Waals surface area contributed by atoms with Gasteiger partial charge in [-0.3, -0.25) is 0 Å². The summed E-state index contributed by atoms with van der Waals surface area (Å²) < 4.78 is 5.45. The Morgan fingerprint density at radius 1 is 0.920 bits per heavy atom. The van der Waals surface area contributed by atoms with Crippen LogP contribution in [0.5, 0.6) is 0 Å². The van der Waals surface area contributed by atoms with Gasteiger partial charge in [0.15, 0.2) is 0 Å². The predicted molar refractivity (Wildman–Crippen MR) is 101 cm³/mol. The quantitative estimate of drug-likeness (QED) is 0.497. The van der Waals surface area contributed by atoms with E-state index >= 15 is 0 Å². The molecule has 2 N–H and O–H groups in total. The molecule has 0 radical (unpaired) electrons. The molecule has 0 heterocycles. The van der Waals surface area contributed by atoms with Crippen LogP contribution in [0.3, 0.4) is 0 Å². The van der Waals surface area contributed by atoms with Gasteiger partial charge in [-0.2, -0.15) is 0 Å². The summed E-state index contributed by atoms with van der Waals surface area (Å²) in [5, 5.41) is 16.0. The van der Waals surface area contributed by atoms with Crippen LogP contribution in [0.2, 0.25) is 0 Å². The fourth-order valence-corrected chi connectivity index (χ4v) is 3.06. The Kier molecular flexibility index (Phi) is 5.86. The molecule has 25 heavy (non-hydrogen) atoms. The molecule has 0 aliphatic heterocycles. The molecule has 3 rings (SSSR count). The topological polar surface area (TPSA) is 58.6 Å². The van der Waals surface area contributed by atoms with Gasteiger partial charge >= 0.3 is 6.09 Å². The van der Waals surface area contributed by atoms with E-state index in [1.807, 2.05) is 24.3 Å². The van der Waals surface area contributed by atoms with Gasteiger partial charge in [0.25, 0.3) is 0 Å². The number of nitrogens with one attached hydrogen (secondary N) is 1. The standard InChI is InChI=1S/C21H23NO3/c23-13-7-1-6-12-22-21(24)25-15-20-18-10-4-2-8-16(18)14-17-9-3-5-11-19(17)20/h2-5,8-11,14,23H,1,6-7,12-13,15H2,(H,22,24). The van der Waals surface area contributed by atoms with Crippen LogP contribution in [0.1, 0.15) is 24.8 Å². The van der Waals surface area contributed by atoms with Crippen LogP contribution in [-0.2, 0) is 11.3 Å². The second-order valence-electron chi connectivity index (χ2n) is 6.08. The number of amides is 1. The largest absolute Gasteiger partial charge is 0.445 e. The van der Waals surface area contributed by atoms with Gasteiger partial charge in [-0.05, 0) is 46.9 Å². The number of fused-ring (bicyclic) bond motifs is 2. The van der Waals surface area contributed by atoms with Crippen molar-refractivity contribution in [3.63, 3.8) is 0 Å². The summed E-state index contributed by atoms with van der Waals surface area (Å²) in [6.45, 7) is 0.998. The zero-order valence-electron chi connectivity index (χ0n) is 14.2. The van der Waals surface area contributed by atoms with Crippen LogP contribution in [0.4, 0.5) is 4.79 Å². The summed E-state index contributed by atoms with van der Waals surface area (Å²) in [5.74, 6) is 0. The second kappa shape index (κ2) is 8.49. The van der Waals surface area contributed by atoms with Crippen molar-refractivity contribution in [1.29, 1.82) is 0 Å². The molecule has 0 aliphatic rings. The van der Waals surface area contributed by atoms with E-state index in [0.29, 0.717) is 6.54 Å². The third-order valence-electron chi connectivity index (χ3n) is 4.33. The number of unbranched alkanes of at least 4 members (excludes halogenated alkanes) is 2. The first-order chi connectivity index (χ1) is 12.3. The molecule has 0 fully saturated rings. The fourth-order valence-electron chi connectivity index (χ4n) is 3.06. The van der Waals surface area contributed by atoms with E-state index in [0.717, 1.165) is 46.4 Å². The number of hydrogen-bond acceptors (Lipinski definition) is 3. The maximum atomic E-state index is 11.9. The predicted octanol–water partition coefficient (Wildman–Crippen LogP) is 4.38. The Balaban J connectivity index is 1.72.